The van der Waals surface area contributed by atoms with Crippen LogP contribution in [0.3, 0.4) is 0 Å². The zero-order valence-corrected chi connectivity index (χ0v) is 14.9. The van der Waals surface area contributed by atoms with E-state index in [1.165, 1.54) is 0 Å². The number of carbonyl (C=O) groups is 2. The molecule has 126 valence electrons. The molecule has 0 aromatic heterocycles. The van der Waals surface area contributed by atoms with Gasteiger partial charge in [0, 0.05) is 15.4 Å². The van der Waals surface area contributed by atoms with Gasteiger partial charge in [-0.3, -0.25) is 4.79 Å². The van der Waals surface area contributed by atoms with E-state index in [4.69, 9.17) is 9.47 Å². The van der Waals surface area contributed by atoms with Crippen molar-refractivity contribution in [2.45, 2.75) is 0 Å². The standard InChI is InChI=1S/C20H15BrO4/c21-17-10-4-3-9-16(17)18(22)12-25-20(23)13-24-19-11-5-7-14-6-1-2-8-15(14)19/h1-11H,12-13H2. The van der Waals surface area contributed by atoms with Crippen LogP contribution >= 0.6 is 15.9 Å². The maximum Gasteiger partial charge on any atom is 0.344 e. The highest BCUT2D eigenvalue weighted by Gasteiger charge is 2.13. The van der Waals surface area contributed by atoms with Gasteiger partial charge in [-0.2, -0.15) is 0 Å². The monoisotopic (exact) mass is 398 g/mol. The molecule has 0 unspecified atom stereocenters. The van der Waals surface area contributed by atoms with Crippen LogP contribution in [0.15, 0.2) is 71.2 Å². The summed E-state index contributed by atoms with van der Waals surface area (Å²) in [7, 11) is 0. The smallest absolute Gasteiger partial charge is 0.344 e. The van der Waals surface area contributed by atoms with Crippen LogP contribution in [0.25, 0.3) is 10.8 Å². The van der Waals surface area contributed by atoms with Gasteiger partial charge in [0.05, 0.1) is 0 Å². The molecule has 0 spiro atoms. The summed E-state index contributed by atoms with van der Waals surface area (Å²) in [5.41, 5.74) is 0.477. The fourth-order valence-corrected chi connectivity index (χ4v) is 2.92. The van der Waals surface area contributed by atoms with Crippen LogP contribution in [0.2, 0.25) is 0 Å². The average molecular weight is 399 g/mol. The molecule has 3 aromatic carbocycles. The highest BCUT2D eigenvalue weighted by Crippen LogP contribution is 2.25. The van der Waals surface area contributed by atoms with Gasteiger partial charge in [-0.1, -0.05) is 70.5 Å². The maximum absolute atomic E-state index is 12.1. The molecule has 0 aliphatic carbocycles. The molecule has 3 rings (SSSR count). The van der Waals surface area contributed by atoms with E-state index in [0.29, 0.717) is 15.8 Å². The van der Waals surface area contributed by atoms with E-state index in [1.807, 2.05) is 42.5 Å². The molecule has 0 bridgehead atoms. The summed E-state index contributed by atoms with van der Waals surface area (Å²) in [6.45, 7) is -0.572. The van der Waals surface area contributed by atoms with Crippen molar-refractivity contribution in [2.75, 3.05) is 13.2 Å². The van der Waals surface area contributed by atoms with Gasteiger partial charge in [0.2, 0.25) is 5.78 Å². The fourth-order valence-electron chi connectivity index (χ4n) is 2.41. The molecule has 0 atom stereocenters. The highest BCUT2D eigenvalue weighted by molar-refractivity contribution is 9.10. The molecule has 4 nitrogen and oxygen atoms in total. The first kappa shape index (κ1) is 17.2. The molecule has 0 radical (unpaired) electrons. The Hall–Kier alpha value is -2.66. The number of hydrogen-bond donors (Lipinski definition) is 0. The summed E-state index contributed by atoms with van der Waals surface area (Å²) in [5.74, 6) is -0.258. The lowest BCUT2D eigenvalue weighted by molar-refractivity contribution is -0.144. The van der Waals surface area contributed by atoms with E-state index in [1.54, 1.807) is 24.3 Å². The van der Waals surface area contributed by atoms with Gasteiger partial charge in [-0.25, -0.2) is 4.79 Å². The van der Waals surface area contributed by atoms with Crippen molar-refractivity contribution in [3.05, 3.63) is 76.8 Å². The second-order valence-corrected chi connectivity index (χ2v) is 6.18. The third-order valence-corrected chi connectivity index (χ3v) is 4.33. The Kier molecular flexibility index (Phi) is 5.46. The van der Waals surface area contributed by atoms with Gasteiger partial charge >= 0.3 is 5.97 Å². The van der Waals surface area contributed by atoms with Crippen LogP contribution in [0.5, 0.6) is 5.75 Å². The van der Waals surface area contributed by atoms with E-state index in [0.717, 1.165) is 10.8 Å². The Morgan fingerprint density at radius 3 is 2.40 bits per heavy atom. The van der Waals surface area contributed by atoms with Crippen LogP contribution in [0, 0.1) is 0 Å². The van der Waals surface area contributed by atoms with Crippen molar-refractivity contribution >= 4 is 38.5 Å². The van der Waals surface area contributed by atoms with Crippen LogP contribution in [0.4, 0.5) is 0 Å². The number of ether oxygens (including phenoxy) is 2. The van der Waals surface area contributed by atoms with Crippen molar-refractivity contribution in [2.24, 2.45) is 0 Å². The SMILES string of the molecule is O=C(COc1cccc2ccccc12)OCC(=O)c1ccccc1Br. The van der Waals surface area contributed by atoms with E-state index >= 15 is 0 Å². The Bertz CT molecular complexity index is 915. The first-order valence-corrected chi connectivity index (χ1v) is 8.48. The molecule has 0 amide bonds. The Morgan fingerprint density at radius 2 is 1.56 bits per heavy atom. The normalized spacial score (nSPS) is 10.4. The molecule has 0 saturated carbocycles. The number of benzene rings is 3. The molecule has 3 aromatic rings. The third kappa shape index (κ3) is 4.25. The van der Waals surface area contributed by atoms with Crippen molar-refractivity contribution in [1.29, 1.82) is 0 Å². The van der Waals surface area contributed by atoms with E-state index in [9.17, 15) is 9.59 Å². The number of carbonyl (C=O) groups excluding carboxylic acids is 2. The number of Topliss-reactive ketones (excluding diaryl/α,β-unsaturated/α-hetero) is 1. The van der Waals surface area contributed by atoms with Crippen molar-refractivity contribution in [3.8, 4) is 5.75 Å². The quantitative estimate of drug-likeness (QED) is 0.455. The summed E-state index contributed by atoms with van der Waals surface area (Å²) in [6.07, 6.45) is 0. The molecular weight excluding hydrogens is 384 g/mol. The van der Waals surface area contributed by atoms with E-state index in [-0.39, 0.29) is 19.0 Å². The lowest BCUT2D eigenvalue weighted by Crippen LogP contribution is -2.19. The van der Waals surface area contributed by atoms with Crippen LogP contribution in [-0.4, -0.2) is 25.0 Å². The number of esters is 1. The number of ketones is 1. The predicted molar refractivity (Wildman–Crippen MR) is 98.9 cm³/mol. The van der Waals surface area contributed by atoms with Crippen LogP contribution in [0.1, 0.15) is 10.4 Å². The molecule has 0 saturated heterocycles. The van der Waals surface area contributed by atoms with Crippen LogP contribution in [-0.2, 0) is 9.53 Å². The topological polar surface area (TPSA) is 52.6 Å². The largest absolute Gasteiger partial charge is 0.481 e. The van der Waals surface area contributed by atoms with Crippen molar-refractivity contribution in [3.63, 3.8) is 0 Å². The summed E-state index contributed by atoms with van der Waals surface area (Å²) in [5, 5.41) is 1.94. The second-order valence-electron chi connectivity index (χ2n) is 5.33. The molecule has 0 fully saturated rings. The van der Waals surface area contributed by atoms with Gasteiger partial charge in [-0.15, -0.1) is 0 Å². The molecule has 0 heterocycles. The summed E-state index contributed by atoms with van der Waals surface area (Å²) in [6, 6.07) is 20.4. The molecule has 0 N–H and O–H groups in total. The van der Waals surface area contributed by atoms with Gasteiger partial charge in [0.15, 0.2) is 13.2 Å². The van der Waals surface area contributed by atoms with Crippen LogP contribution < -0.4 is 4.74 Å². The van der Waals surface area contributed by atoms with Crippen molar-refractivity contribution < 1.29 is 19.1 Å². The zero-order valence-electron chi connectivity index (χ0n) is 13.3. The van der Waals surface area contributed by atoms with Gasteiger partial charge in [-0.05, 0) is 17.5 Å². The number of halogens is 1. The van der Waals surface area contributed by atoms with Gasteiger partial charge in [0.25, 0.3) is 0 Å². The highest BCUT2D eigenvalue weighted by atomic mass is 79.9. The Labute approximate surface area is 153 Å². The Balaban J connectivity index is 1.56. The number of hydrogen-bond acceptors (Lipinski definition) is 4. The summed E-state index contributed by atoms with van der Waals surface area (Å²) >= 11 is 3.30. The van der Waals surface area contributed by atoms with E-state index in [2.05, 4.69) is 15.9 Å². The lowest BCUT2D eigenvalue weighted by Gasteiger charge is -2.09. The Morgan fingerprint density at radius 1 is 0.840 bits per heavy atom. The predicted octanol–water partition coefficient (Wildman–Crippen LogP) is 4.41. The molecule has 5 heteroatoms. The van der Waals surface area contributed by atoms with Crippen molar-refractivity contribution in [1.82, 2.24) is 0 Å². The minimum absolute atomic E-state index is 0.253. The molecule has 25 heavy (non-hydrogen) atoms. The first-order chi connectivity index (χ1) is 12.1. The lowest BCUT2D eigenvalue weighted by atomic mass is 10.1. The molecule has 0 aliphatic heterocycles. The summed E-state index contributed by atoms with van der Waals surface area (Å²) in [4.78, 5) is 23.9. The van der Waals surface area contributed by atoms with E-state index < -0.39 is 5.97 Å². The third-order valence-electron chi connectivity index (χ3n) is 3.63. The summed E-state index contributed by atoms with van der Waals surface area (Å²) < 4.78 is 11.2. The fraction of sp³-hybridized carbons (Fsp3) is 0.100. The van der Waals surface area contributed by atoms with Gasteiger partial charge < -0.3 is 9.47 Å². The van der Waals surface area contributed by atoms with Gasteiger partial charge in [0.1, 0.15) is 5.75 Å². The first-order valence-electron chi connectivity index (χ1n) is 7.69. The maximum atomic E-state index is 12.1. The molecule has 0 aliphatic rings. The molecular formula is C20H15BrO4. The second kappa shape index (κ2) is 7.94. The number of rotatable bonds is 6. The minimum atomic E-state index is -0.590. The average Bonchev–Trinajstić information content (AvgIpc) is 2.64. The number of fused-ring (bicyclic) bond motifs is 1. The zero-order chi connectivity index (χ0) is 17.6. The minimum Gasteiger partial charge on any atom is -0.481 e.